The second-order valence-electron chi connectivity index (χ2n) is 14.7. The van der Waals surface area contributed by atoms with E-state index >= 15 is 0 Å². The van der Waals surface area contributed by atoms with Crippen molar-refractivity contribution in [2.75, 3.05) is 6.61 Å². The van der Waals surface area contributed by atoms with Gasteiger partial charge >= 0.3 is 5.97 Å². The topological polar surface area (TPSA) is 118 Å². The molecule has 5 N–H and O–H groups in total. The van der Waals surface area contributed by atoms with E-state index in [1.165, 1.54) is 0 Å². The highest BCUT2D eigenvalue weighted by Gasteiger charge is 2.75. The molecule has 4 fully saturated rings. The molecule has 5 rings (SSSR count). The lowest BCUT2D eigenvalue weighted by Crippen LogP contribution is -2.74. The molecule has 6 nitrogen and oxygen atoms in total. The van der Waals surface area contributed by atoms with Gasteiger partial charge in [-0.05, 0) is 79.4 Å². The Kier molecular flexibility index (Phi) is 5.77. The fourth-order valence-electron chi connectivity index (χ4n) is 11.2. The molecule has 0 aromatic carbocycles. The normalized spacial score (nSPS) is 60.3. The maximum absolute atomic E-state index is 12.8. The van der Waals surface area contributed by atoms with Gasteiger partial charge in [0.25, 0.3) is 0 Å². The summed E-state index contributed by atoms with van der Waals surface area (Å²) in [5.41, 5.74) is -4.15. The van der Waals surface area contributed by atoms with Gasteiger partial charge in [-0.25, -0.2) is 0 Å². The van der Waals surface area contributed by atoms with E-state index in [0.717, 1.165) is 19.3 Å². The average Bonchev–Trinajstić information content (AvgIpc) is 2.81. The van der Waals surface area contributed by atoms with Crippen molar-refractivity contribution in [3.63, 3.8) is 0 Å². The van der Waals surface area contributed by atoms with Crippen molar-refractivity contribution in [3.8, 4) is 0 Å². The van der Waals surface area contributed by atoms with Gasteiger partial charge in [-0.2, -0.15) is 0 Å². The van der Waals surface area contributed by atoms with Crippen molar-refractivity contribution in [3.05, 3.63) is 12.2 Å². The van der Waals surface area contributed by atoms with E-state index in [1.807, 2.05) is 13.0 Å². The molecular weight excluding hydrogens is 456 g/mol. The minimum Gasteiger partial charge on any atom is -0.481 e. The SMILES string of the molecule is C[C@H]1[C@H](C)CC[C@]2(C(=O)O)CC[C@]3(C)[C@](O)(C=C[C@@H]4[C@@]5(C)C[C@@H](O)[C@H](O)[C@@](C)(CO)[C@@H]5CC[C@]43C)[C@H]12. The van der Waals surface area contributed by atoms with Gasteiger partial charge in [0.05, 0.1) is 29.8 Å². The lowest BCUT2D eigenvalue weighted by molar-refractivity contribution is -0.286. The van der Waals surface area contributed by atoms with Crippen LogP contribution in [0.25, 0.3) is 0 Å². The summed E-state index contributed by atoms with van der Waals surface area (Å²) in [5.74, 6) is -0.619. The van der Waals surface area contributed by atoms with E-state index in [9.17, 15) is 30.3 Å². The number of carbonyl (C=O) groups is 1. The zero-order valence-corrected chi connectivity index (χ0v) is 23.0. The highest BCUT2D eigenvalue weighted by atomic mass is 16.4. The lowest BCUT2D eigenvalue weighted by atomic mass is 9.31. The van der Waals surface area contributed by atoms with Crippen molar-refractivity contribution >= 4 is 5.97 Å². The molecule has 0 spiro atoms. The number of hydrogen-bond donors (Lipinski definition) is 5. The van der Waals surface area contributed by atoms with Crippen LogP contribution in [0.5, 0.6) is 0 Å². The van der Waals surface area contributed by atoms with Crippen molar-refractivity contribution in [2.24, 2.45) is 56.7 Å². The Morgan fingerprint density at radius 2 is 1.67 bits per heavy atom. The third-order valence-electron chi connectivity index (χ3n) is 13.7. The van der Waals surface area contributed by atoms with E-state index in [1.54, 1.807) is 0 Å². The third-order valence-corrected chi connectivity index (χ3v) is 13.7. The van der Waals surface area contributed by atoms with Crippen molar-refractivity contribution in [2.45, 2.75) is 104 Å². The van der Waals surface area contributed by atoms with Crippen LogP contribution in [0, 0.1) is 56.7 Å². The van der Waals surface area contributed by atoms with Crippen LogP contribution in [0.1, 0.15) is 86.5 Å². The number of fused-ring (bicyclic) bond motifs is 7. The molecule has 0 radical (unpaired) electrons. The summed E-state index contributed by atoms with van der Waals surface area (Å²) in [6.45, 7) is 12.7. The highest BCUT2D eigenvalue weighted by molar-refractivity contribution is 5.76. The summed E-state index contributed by atoms with van der Waals surface area (Å²) < 4.78 is 0. The Hall–Kier alpha value is -0.950. The van der Waals surface area contributed by atoms with Crippen LogP contribution < -0.4 is 0 Å². The number of rotatable bonds is 2. The summed E-state index contributed by atoms with van der Waals surface area (Å²) in [6, 6.07) is 0. The number of carboxylic acids is 1. The number of aliphatic carboxylic acids is 1. The zero-order valence-electron chi connectivity index (χ0n) is 23.0. The molecule has 0 unspecified atom stereocenters. The number of aliphatic hydroxyl groups excluding tert-OH is 3. The second-order valence-corrected chi connectivity index (χ2v) is 14.7. The monoisotopic (exact) mass is 504 g/mol. The van der Waals surface area contributed by atoms with Gasteiger partial charge < -0.3 is 25.5 Å². The number of carboxylic acid groups (broad SMARTS) is 1. The molecular formula is C30H48O6. The van der Waals surface area contributed by atoms with Gasteiger partial charge in [-0.3, -0.25) is 4.79 Å². The molecule has 0 bridgehead atoms. The molecule has 204 valence electrons. The van der Waals surface area contributed by atoms with Gasteiger partial charge in [0.15, 0.2) is 0 Å². The van der Waals surface area contributed by atoms with E-state index in [2.05, 4.69) is 40.7 Å². The third kappa shape index (κ3) is 2.80. The Morgan fingerprint density at radius 3 is 2.28 bits per heavy atom. The van der Waals surface area contributed by atoms with E-state index in [0.29, 0.717) is 31.6 Å². The second kappa shape index (κ2) is 7.80. The zero-order chi connectivity index (χ0) is 26.7. The lowest BCUT2D eigenvalue weighted by Gasteiger charge is -2.74. The van der Waals surface area contributed by atoms with E-state index in [4.69, 9.17) is 0 Å². The Bertz CT molecular complexity index is 965. The molecule has 5 aliphatic carbocycles. The Balaban J connectivity index is 1.67. The van der Waals surface area contributed by atoms with Crippen LogP contribution in [-0.2, 0) is 4.79 Å². The molecule has 0 saturated heterocycles. The fraction of sp³-hybridized carbons (Fsp3) is 0.900. The largest absolute Gasteiger partial charge is 0.481 e. The molecule has 0 aromatic heterocycles. The predicted molar refractivity (Wildman–Crippen MR) is 137 cm³/mol. The molecule has 5 aliphatic rings. The molecule has 0 amide bonds. The van der Waals surface area contributed by atoms with E-state index in [-0.39, 0.29) is 41.1 Å². The minimum atomic E-state index is -1.24. The predicted octanol–water partition coefficient (Wildman–Crippen LogP) is 4.00. The van der Waals surface area contributed by atoms with Gasteiger partial charge in [-0.15, -0.1) is 0 Å². The Morgan fingerprint density at radius 1 is 1.00 bits per heavy atom. The van der Waals surface area contributed by atoms with Crippen LogP contribution in [0.4, 0.5) is 0 Å². The fourth-order valence-corrected chi connectivity index (χ4v) is 11.2. The summed E-state index contributed by atoms with van der Waals surface area (Å²) in [5, 5.41) is 55.7. The molecule has 0 aromatic rings. The molecule has 0 heterocycles. The summed E-state index contributed by atoms with van der Waals surface area (Å²) in [6.07, 6.45) is 7.02. The summed E-state index contributed by atoms with van der Waals surface area (Å²) in [4.78, 5) is 12.8. The first-order valence-electron chi connectivity index (χ1n) is 14.2. The first-order chi connectivity index (χ1) is 16.6. The number of hydrogen-bond acceptors (Lipinski definition) is 5. The van der Waals surface area contributed by atoms with Crippen molar-refractivity contribution in [1.29, 1.82) is 0 Å². The minimum absolute atomic E-state index is 0.0289. The average molecular weight is 505 g/mol. The standard InChI is InChI=1S/C30H48O6/c1-17-7-11-29(24(34)35)14-13-28(6)27(5)10-8-20-25(3,15-19(32)23(33)26(20,4)16-31)21(27)9-12-30(28,36)22(29)18(17)2/h9,12,17-23,31-33,36H,7-8,10-11,13-16H2,1-6H3,(H,34,35)/t17-,18+,19-,20-,21-,22-,23+,25+,26+,27-,28+,29+,30+/m1/s1. The van der Waals surface area contributed by atoms with Crippen LogP contribution in [-0.4, -0.2) is 55.9 Å². The van der Waals surface area contributed by atoms with Crippen molar-refractivity contribution in [1.82, 2.24) is 0 Å². The first kappa shape index (κ1) is 26.6. The van der Waals surface area contributed by atoms with Crippen LogP contribution >= 0.6 is 0 Å². The maximum Gasteiger partial charge on any atom is 0.310 e. The van der Waals surface area contributed by atoms with Crippen LogP contribution in [0.15, 0.2) is 12.2 Å². The first-order valence-corrected chi connectivity index (χ1v) is 14.2. The van der Waals surface area contributed by atoms with E-state index < -0.39 is 40.0 Å². The molecule has 0 aliphatic heterocycles. The summed E-state index contributed by atoms with van der Waals surface area (Å²) in [7, 11) is 0. The maximum atomic E-state index is 12.8. The quantitative estimate of drug-likeness (QED) is 0.363. The van der Waals surface area contributed by atoms with Gasteiger partial charge in [0.1, 0.15) is 0 Å². The van der Waals surface area contributed by atoms with Gasteiger partial charge in [0, 0.05) is 16.7 Å². The number of aliphatic hydroxyl groups is 4. The van der Waals surface area contributed by atoms with Crippen LogP contribution in [0.2, 0.25) is 0 Å². The Labute approximate surface area is 216 Å². The molecule has 13 atom stereocenters. The van der Waals surface area contributed by atoms with Crippen molar-refractivity contribution < 1.29 is 30.3 Å². The summed E-state index contributed by atoms with van der Waals surface area (Å²) >= 11 is 0. The molecule has 6 heteroatoms. The smallest absolute Gasteiger partial charge is 0.310 e. The molecule has 4 saturated carbocycles. The number of allylic oxidation sites excluding steroid dienone is 1. The van der Waals surface area contributed by atoms with Gasteiger partial charge in [-0.1, -0.05) is 53.7 Å². The molecule has 36 heavy (non-hydrogen) atoms. The highest BCUT2D eigenvalue weighted by Crippen LogP contribution is 2.76. The van der Waals surface area contributed by atoms with Gasteiger partial charge in [0.2, 0.25) is 0 Å². The van der Waals surface area contributed by atoms with Crippen LogP contribution in [0.3, 0.4) is 0 Å².